The van der Waals surface area contributed by atoms with Gasteiger partial charge in [0, 0.05) is 13.1 Å². The summed E-state index contributed by atoms with van der Waals surface area (Å²) in [6.07, 6.45) is 2.18. The third-order valence-corrected chi connectivity index (χ3v) is 3.16. The molecule has 1 fully saturated rings. The Labute approximate surface area is 103 Å². The first kappa shape index (κ1) is 13.7. The van der Waals surface area contributed by atoms with E-state index in [1.807, 2.05) is 0 Å². The highest BCUT2D eigenvalue weighted by atomic mass is 32.1. The predicted molar refractivity (Wildman–Crippen MR) is 68.5 cm³/mol. The first-order valence-electron chi connectivity index (χ1n) is 5.96. The number of hydrogen-bond donors (Lipinski definition) is 2. The van der Waals surface area contributed by atoms with Crippen molar-refractivity contribution in [3.05, 3.63) is 0 Å². The highest BCUT2D eigenvalue weighted by Crippen LogP contribution is 2.11. The molecular formula is C11H22N2O2S. The molecule has 0 aliphatic carbocycles. The van der Waals surface area contributed by atoms with Crippen molar-refractivity contribution in [2.24, 2.45) is 0 Å². The number of ether oxygens (including phenoxy) is 1. The first-order chi connectivity index (χ1) is 7.69. The fourth-order valence-corrected chi connectivity index (χ4v) is 2.04. The smallest absolute Gasteiger partial charge is 0.169 e. The number of aliphatic hydroxyl groups is 1. The molecule has 0 spiro atoms. The van der Waals surface area contributed by atoms with E-state index < -0.39 is 0 Å². The van der Waals surface area contributed by atoms with Crippen LogP contribution in [0.15, 0.2) is 0 Å². The minimum Gasteiger partial charge on any atom is -0.394 e. The van der Waals surface area contributed by atoms with Gasteiger partial charge < -0.3 is 20.1 Å². The van der Waals surface area contributed by atoms with E-state index in [1.54, 1.807) is 0 Å². The van der Waals surface area contributed by atoms with Crippen LogP contribution in [0.25, 0.3) is 0 Å². The SMILES string of the molecule is CCCCNC(=S)N1CC(CO)OCC1C. The standard InChI is InChI=1S/C11H22N2O2S/c1-3-4-5-12-11(16)13-6-10(7-14)15-8-9(13)2/h9-10,14H,3-8H2,1-2H3,(H,12,16). The van der Waals surface area contributed by atoms with Crippen LogP contribution in [0.4, 0.5) is 0 Å². The Morgan fingerprint density at radius 1 is 1.62 bits per heavy atom. The molecule has 0 saturated carbocycles. The quantitative estimate of drug-likeness (QED) is 0.566. The van der Waals surface area contributed by atoms with E-state index in [1.165, 1.54) is 0 Å². The molecule has 94 valence electrons. The number of hydrogen-bond acceptors (Lipinski definition) is 3. The summed E-state index contributed by atoms with van der Waals surface area (Å²) in [5.74, 6) is 0. The van der Waals surface area contributed by atoms with E-state index in [2.05, 4.69) is 24.1 Å². The van der Waals surface area contributed by atoms with Crippen LogP contribution >= 0.6 is 12.2 Å². The van der Waals surface area contributed by atoms with E-state index in [9.17, 15) is 0 Å². The fourth-order valence-electron chi connectivity index (χ4n) is 1.68. The van der Waals surface area contributed by atoms with E-state index in [-0.39, 0.29) is 18.8 Å². The van der Waals surface area contributed by atoms with Crippen LogP contribution in [0.3, 0.4) is 0 Å². The molecule has 5 heteroatoms. The zero-order chi connectivity index (χ0) is 12.0. The lowest BCUT2D eigenvalue weighted by Gasteiger charge is -2.39. The summed E-state index contributed by atoms with van der Waals surface area (Å²) in [7, 11) is 0. The van der Waals surface area contributed by atoms with Crippen molar-refractivity contribution >= 4 is 17.3 Å². The Bertz CT molecular complexity index is 226. The molecular weight excluding hydrogens is 224 g/mol. The first-order valence-corrected chi connectivity index (χ1v) is 6.36. The van der Waals surface area contributed by atoms with Crippen LogP contribution in [0.5, 0.6) is 0 Å². The van der Waals surface area contributed by atoms with Crippen LogP contribution in [0.1, 0.15) is 26.7 Å². The van der Waals surface area contributed by atoms with Crippen LogP contribution in [-0.2, 0) is 4.74 Å². The van der Waals surface area contributed by atoms with Crippen molar-refractivity contribution in [3.8, 4) is 0 Å². The topological polar surface area (TPSA) is 44.7 Å². The van der Waals surface area contributed by atoms with Gasteiger partial charge in [-0.05, 0) is 25.6 Å². The summed E-state index contributed by atoms with van der Waals surface area (Å²) in [5.41, 5.74) is 0. The number of morpholine rings is 1. The van der Waals surface area contributed by atoms with E-state index in [0.717, 1.165) is 24.5 Å². The van der Waals surface area contributed by atoms with E-state index in [0.29, 0.717) is 13.2 Å². The van der Waals surface area contributed by atoms with Gasteiger partial charge in [0.05, 0.1) is 25.4 Å². The van der Waals surface area contributed by atoms with Gasteiger partial charge in [0.25, 0.3) is 0 Å². The average molecular weight is 246 g/mol. The Hall–Kier alpha value is -0.390. The van der Waals surface area contributed by atoms with Crippen LogP contribution in [0, 0.1) is 0 Å². The molecule has 0 amide bonds. The van der Waals surface area contributed by atoms with Gasteiger partial charge in [-0.25, -0.2) is 0 Å². The Morgan fingerprint density at radius 3 is 3.00 bits per heavy atom. The van der Waals surface area contributed by atoms with Gasteiger partial charge >= 0.3 is 0 Å². The van der Waals surface area contributed by atoms with Crippen LogP contribution in [-0.4, -0.2) is 53.6 Å². The minimum absolute atomic E-state index is 0.0563. The number of thiocarbonyl (C=S) groups is 1. The van der Waals surface area contributed by atoms with Gasteiger partial charge in [-0.2, -0.15) is 0 Å². The Balaban J connectivity index is 2.39. The summed E-state index contributed by atoms with van der Waals surface area (Å²) in [6.45, 7) is 6.52. The molecule has 0 aromatic heterocycles. The summed E-state index contributed by atoms with van der Waals surface area (Å²) >= 11 is 5.34. The minimum atomic E-state index is -0.109. The molecule has 2 atom stereocenters. The molecule has 0 aromatic rings. The van der Waals surface area contributed by atoms with Crippen molar-refractivity contribution in [1.29, 1.82) is 0 Å². The summed E-state index contributed by atoms with van der Waals surface area (Å²) in [5, 5.41) is 13.1. The molecule has 1 aliphatic heterocycles. The molecule has 1 heterocycles. The Kier molecular flexibility index (Phi) is 6.01. The number of rotatable bonds is 4. The summed E-state index contributed by atoms with van der Waals surface area (Å²) < 4.78 is 5.47. The van der Waals surface area contributed by atoms with Crippen molar-refractivity contribution in [1.82, 2.24) is 10.2 Å². The molecule has 16 heavy (non-hydrogen) atoms. The molecule has 2 N–H and O–H groups in total. The normalized spacial score (nSPS) is 25.6. The maximum absolute atomic E-state index is 9.08. The molecule has 1 rings (SSSR count). The second-order valence-corrected chi connectivity index (χ2v) is 4.61. The maximum atomic E-state index is 9.08. The second kappa shape index (κ2) is 7.04. The Morgan fingerprint density at radius 2 is 2.38 bits per heavy atom. The monoisotopic (exact) mass is 246 g/mol. The van der Waals surface area contributed by atoms with Crippen molar-refractivity contribution in [2.45, 2.75) is 38.8 Å². The molecule has 0 radical (unpaired) electrons. The molecule has 1 aliphatic rings. The van der Waals surface area contributed by atoms with Crippen LogP contribution < -0.4 is 5.32 Å². The average Bonchev–Trinajstić information content (AvgIpc) is 2.30. The number of nitrogens with one attached hydrogen (secondary N) is 1. The third kappa shape index (κ3) is 3.88. The highest BCUT2D eigenvalue weighted by molar-refractivity contribution is 7.80. The summed E-state index contributed by atoms with van der Waals surface area (Å²) in [6, 6.07) is 0.282. The van der Waals surface area contributed by atoms with Gasteiger partial charge in [0.15, 0.2) is 5.11 Å². The predicted octanol–water partition coefficient (Wildman–Crippen LogP) is 0.743. The van der Waals surface area contributed by atoms with Crippen molar-refractivity contribution in [2.75, 3.05) is 26.3 Å². The van der Waals surface area contributed by atoms with Gasteiger partial charge in [-0.15, -0.1) is 0 Å². The van der Waals surface area contributed by atoms with Gasteiger partial charge in [0.1, 0.15) is 0 Å². The molecule has 4 nitrogen and oxygen atoms in total. The lowest BCUT2D eigenvalue weighted by molar-refractivity contribution is -0.0561. The molecule has 0 bridgehead atoms. The van der Waals surface area contributed by atoms with Gasteiger partial charge in [-0.3, -0.25) is 0 Å². The summed E-state index contributed by atoms with van der Waals surface area (Å²) in [4.78, 5) is 2.11. The zero-order valence-electron chi connectivity index (χ0n) is 10.1. The van der Waals surface area contributed by atoms with Crippen molar-refractivity contribution < 1.29 is 9.84 Å². The van der Waals surface area contributed by atoms with Crippen LogP contribution in [0.2, 0.25) is 0 Å². The largest absolute Gasteiger partial charge is 0.394 e. The lowest BCUT2D eigenvalue weighted by Crippen LogP contribution is -2.55. The molecule has 0 aromatic carbocycles. The highest BCUT2D eigenvalue weighted by Gasteiger charge is 2.26. The fraction of sp³-hybridized carbons (Fsp3) is 0.909. The van der Waals surface area contributed by atoms with Gasteiger partial charge in [0.2, 0.25) is 0 Å². The zero-order valence-corrected chi connectivity index (χ0v) is 10.9. The molecule has 2 unspecified atom stereocenters. The van der Waals surface area contributed by atoms with Crippen molar-refractivity contribution in [3.63, 3.8) is 0 Å². The lowest BCUT2D eigenvalue weighted by atomic mass is 10.2. The second-order valence-electron chi connectivity index (χ2n) is 4.22. The maximum Gasteiger partial charge on any atom is 0.169 e. The van der Waals surface area contributed by atoms with E-state index >= 15 is 0 Å². The van der Waals surface area contributed by atoms with E-state index in [4.69, 9.17) is 22.1 Å². The third-order valence-electron chi connectivity index (χ3n) is 2.78. The number of aliphatic hydroxyl groups excluding tert-OH is 1. The molecule has 1 saturated heterocycles. The number of nitrogens with zero attached hydrogens (tertiary/aromatic N) is 1. The van der Waals surface area contributed by atoms with Gasteiger partial charge in [-0.1, -0.05) is 13.3 Å². The number of unbranched alkanes of at least 4 members (excludes halogenated alkanes) is 1.